The molecule has 0 N–H and O–H groups in total. The van der Waals surface area contributed by atoms with Gasteiger partial charge in [0.25, 0.3) is 0 Å². The predicted octanol–water partition coefficient (Wildman–Crippen LogP) is 14.9. The van der Waals surface area contributed by atoms with Crippen LogP contribution in [-0.2, 0) is 0 Å². The second-order valence-electron chi connectivity index (χ2n) is 14.9. The molecule has 3 nitrogen and oxygen atoms in total. The van der Waals surface area contributed by atoms with Crippen LogP contribution in [0, 0.1) is 0 Å². The van der Waals surface area contributed by atoms with Gasteiger partial charge in [-0.25, -0.2) is 0 Å². The highest BCUT2D eigenvalue weighted by molar-refractivity contribution is 7.25. The molecule has 0 saturated heterocycles. The van der Waals surface area contributed by atoms with Crippen molar-refractivity contribution in [2.24, 2.45) is 0 Å². The van der Waals surface area contributed by atoms with E-state index in [2.05, 4.69) is 202 Å². The molecule has 9 aromatic carbocycles. The van der Waals surface area contributed by atoms with Gasteiger partial charge in [0.15, 0.2) is 0 Å². The van der Waals surface area contributed by atoms with Gasteiger partial charge in [0.2, 0.25) is 0 Å². The van der Waals surface area contributed by atoms with Crippen molar-refractivity contribution in [3.8, 4) is 11.1 Å². The third kappa shape index (κ3) is 4.01. The summed E-state index contributed by atoms with van der Waals surface area (Å²) in [6.45, 7) is 0. The first-order valence-corrected chi connectivity index (χ1v) is 20.0. The van der Waals surface area contributed by atoms with E-state index < -0.39 is 0 Å². The third-order valence-corrected chi connectivity index (χ3v) is 13.2. The van der Waals surface area contributed by atoms with Crippen molar-refractivity contribution in [1.82, 2.24) is 8.80 Å². The Balaban J connectivity index is 1.16. The summed E-state index contributed by atoms with van der Waals surface area (Å²) in [7, 11) is 0. The lowest BCUT2D eigenvalue weighted by Crippen LogP contribution is -2.11. The highest BCUT2D eigenvalue weighted by Gasteiger charge is 2.24. The molecular weight excluding hydrogens is 699 g/mol. The first-order chi connectivity index (χ1) is 27.8. The SMILES string of the molecule is c1ccc(-c2ccc(N(c3ccc4sc5ccccc5c4c3)c3ccc4c(c3)n3c5ccccc5c5ccc6c7ccccc7n4c6c53)c3ccccc23)cc1. The highest BCUT2D eigenvalue weighted by Crippen LogP contribution is 2.47. The Morgan fingerprint density at radius 3 is 1.66 bits per heavy atom. The molecule has 0 fully saturated rings. The summed E-state index contributed by atoms with van der Waals surface area (Å²) in [5, 5.41) is 10.1. The van der Waals surface area contributed by atoms with Crippen LogP contribution in [0.3, 0.4) is 0 Å². The summed E-state index contributed by atoms with van der Waals surface area (Å²) in [5.41, 5.74) is 13.2. The summed E-state index contributed by atoms with van der Waals surface area (Å²) in [6, 6.07) is 69.5. The maximum Gasteiger partial charge on any atom is 0.0789 e. The van der Waals surface area contributed by atoms with Crippen molar-refractivity contribution in [1.29, 1.82) is 0 Å². The number of para-hydroxylation sites is 2. The van der Waals surface area contributed by atoms with Gasteiger partial charge >= 0.3 is 0 Å². The molecule has 4 heterocycles. The molecule has 0 aliphatic heterocycles. The number of hydrogen-bond donors (Lipinski definition) is 0. The van der Waals surface area contributed by atoms with Crippen molar-refractivity contribution in [2.75, 3.05) is 4.90 Å². The van der Waals surface area contributed by atoms with E-state index in [9.17, 15) is 0 Å². The second-order valence-corrected chi connectivity index (χ2v) is 16.0. The van der Waals surface area contributed by atoms with Crippen molar-refractivity contribution in [3.63, 3.8) is 0 Å². The van der Waals surface area contributed by atoms with Gasteiger partial charge in [-0.1, -0.05) is 127 Å². The van der Waals surface area contributed by atoms with E-state index in [0.717, 1.165) is 17.1 Å². The van der Waals surface area contributed by atoms with E-state index in [1.54, 1.807) is 0 Å². The number of anilines is 3. The Morgan fingerprint density at radius 1 is 0.339 bits per heavy atom. The largest absolute Gasteiger partial charge is 0.310 e. The van der Waals surface area contributed by atoms with Crippen molar-refractivity contribution in [2.45, 2.75) is 0 Å². The molecule has 0 spiro atoms. The van der Waals surface area contributed by atoms with E-state index in [1.807, 2.05) is 11.3 Å². The lowest BCUT2D eigenvalue weighted by Gasteiger charge is -2.28. The Bertz CT molecular complexity index is 3720. The van der Waals surface area contributed by atoms with Crippen LogP contribution in [0.15, 0.2) is 188 Å². The Labute approximate surface area is 325 Å². The Hall–Kier alpha value is -7.14. The van der Waals surface area contributed by atoms with Crippen molar-refractivity contribution < 1.29 is 0 Å². The summed E-state index contributed by atoms with van der Waals surface area (Å²) >= 11 is 1.86. The molecule has 13 aromatic rings. The molecule has 56 heavy (non-hydrogen) atoms. The first-order valence-electron chi connectivity index (χ1n) is 19.2. The standard InChI is InChI=1S/C52H31N3S/c1-2-12-32(13-3-1)35-26-28-46(37-15-5-4-14-36(35)37)53(33-23-29-50-43(30-33)40-18-8-11-21-49(40)56-50)34-22-27-47-48(31-34)55-45-20-10-7-17-39(45)42-25-24-41-38-16-6-9-19-44(38)54(47)51(41)52(42)55/h1-31H. The Kier molecular flexibility index (Phi) is 6.04. The van der Waals surface area contributed by atoms with E-state index in [-0.39, 0.29) is 0 Å². The highest BCUT2D eigenvalue weighted by atomic mass is 32.1. The van der Waals surface area contributed by atoms with Crippen molar-refractivity contribution in [3.05, 3.63) is 188 Å². The Morgan fingerprint density at radius 2 is 0.911 bits per heavy atom. The zero-order valence-corrected chi connectivity index (χ0v) is 31.0. The normalized spacial score (nSPS) is 12.3. The van der Waals surface area contributed by atoms with Crippen molar-refractivity contribution >= 4 is 114 Å². The van der Waals surface area contributed by atoms with E-state index in [0.29, 0.717) is 0 Å². The minimum absolute atomic E-state index is 1.11. The average molecular weight is 730 g/mol. The summed E-state index contributed by atoms with van der Waals surface area (Å²) < 4.78 is 7.63. The number of thiophene rings is 1. The number of nitrogens with zero attached hydrogens (tertiary/aromatic N) is 3. The quantitative estimate of drug-likeness (QED) is 0.164. The van der Waals surface area contributed by atoms with Gasteiger partial charge in [-0.2, -0.15) is 0 Å². The van der Waals surface area contributed by atoms with Crippen LogP contribution in [0.4, 0.5) is 17.1 Å². The van der Waals surface area contributed by atoms with Gasteiger partial charge in [0.05, 0.1) is 38.8 Å². The van der Waals surface area contributed by atoms with Gasteiger partial charge < -0.3 is 13.7 Å². The lowest BCUT2D eigenvalue weighted by atomic mass is 9.96. The van der Waals surface area contributed by atoms with Crippen LogP contribution in [-0.4, -0.2) is 8.80 Å². The van der Waals surface area contributed by atoms with Gasteiger partial charge in [0.1, 0.15) is 0 Å². The average Bonchev–Trinajstić information content (AvgIpc) is 3.92. The molecule has 13 rings (SSSR count). The maximum atomic E-state index is 2.52. The number of hydrogen-bond acceptors (Lipinski definition) is 2. The zero-order valence-electron chi connectivity index (χ0n) is 30.1. The van der Waals surface area contributed by atoms with Crippen LogP contribution in [0.1, 0.15) is 0 Å². The molecule has 0 radical (unpaired) electrons. The monoisotopic (exact) mass is 729 g/mol. The molecule has 0 atom stereocenters. The number of fused-ring (bicyclic) bond motifs is 13. The topological polar surface area (TPSA) is 12.1 Å². The summed E-state index contributed by atoms with van der Waals surface area (Å²) in [6.07, 6.45) is 0. The second kappa shape index (κ2) is 11.2. The van der Waals surface area contributed by atoms with Crippen LogP contribution < -0.4 is 4.90 Å². The van der Waals surface area contributed by atoms with E-state index in [1.165, 1.54) is 96.7 Å². The molecule has 4 aromatic heterocycles. The summed E-state index contributed by atoms with van der Waals surface area (Å²) in [5.74, 6) is 0. The molecule has 0 amide bonds. The van der Waals surface area contributed by atoms with Crippen LogP contribution in [0.25, 0.3) is 96.7 Å². The fourth-order valence-electron chi connectivity index (χ4n) is 9.65. The molecule has 260 valence electrons. The molecule has 0 saturated carbocycles. The van der Waals surface area contributed by atoms with E-state index in [4.69, 9.17) is 0 Å². The lowest BCUT2D eigenvalue weighted by molar-refractivity contribution is 1.24. The van der Waals surface area contributed by atoms with Crippen LogP contribution in [0.2, 0.25) is 0 Å². The first kappa shape index (κ1) is 30.2. The van der Waals surface area contributed by atoms with Gasteiger partial charge in [0, 0.05) is 58.5 Å². The smallest absolute Gasteiger partial charge is 0.0789 e. The number of rotatable bonds is 4. The fourth-order valence-corrected chi connectivity index (χ4v) is 10.7. The fraction of sp³-hybridized carbons (Fsp3) is 0. The summed E-state index contributed by atoms with van der Waals surface area (Å²) in [4.78, 5) is 2.48. The van der Waals surface area contributed by atoms with Gasteiger partial charge in [-0.15, -0.1) is 11.3 Å². The third-order valence-electron chi connectivity index (χ3n) is 12.0. The van der Waals surface area contributed by atoms with E-state index >= 15 is 0 Å². The zero-order chi connectivity index (χ0) is 36.5. The van der Waals surface area contributed by atoms with Gasteiger partial charge in [-0.3, -0.25) is 0 Å². The maximum absolute atomic E-state index is 2.52. The number of benzene rings is 9. The molecular formula is C52H31N3S. The predicted molar refractivity (Wildman–Crippen MR) is 240 cm³/mol. The molecule has 4 heteroatoms. The molecule has 0 unspecified atom stereocenters. The number of aromatic nitrogens is 2. The molecule has 0 aliphatic carbocycles. The minimum Gasteiger partial charge on any atom is -0.310 e. The van der Waals surface area contributed by atoms with Crippen LogP contribution >= 0.6 is 11.3 Å². The minimum atomic E-state index is 1.11. The molecule has 0 bridgehead atoms. The van der Waals surface area contributed by atoms with Crippen LogP contribution in [0.5, 0.6) is 0 Å². The molecule has 0 aliphatic rings. The van der Waals surface area contributed by atoms with Gasteiger partial charge in [-0.05, 0) is 77.2 Å².